The summed E-state index contributed by atoms with van der Waals surface area (Å²) in [4.78, 5) is 0. The average molecular weight is 333 g/mol. The van der Waals surface area contributed by atoms with Crippen LogP contribution >= 0.6 is 0 Å². The van der Waals surface area contributed by atoms with Crippen molar-refractivity contribution >= 4 is 0 Å². The van der Waals surface area contributed by atoms with Crippen molar-refractivity contribution in [2.24, 2.45) is 11.5 Å². The van der Waals surface area contributed by atoms with E-state index in [4.69, 9.17) is 11.5 Å². The van der Waals surface area contributed by atoms with Gasteiger partial charge in [-0.05, 0) is 24.8 Å². The highest BCUT2D eigenvalue weighted by atomic mass is 14.7. The van der Waals surface area contributed by atoms with Gasteiger partial charge in [0.15, 0.2) is 0 Å². The first-order valence-electron chi connectivity index (χ1n) is 10.3. The molecule has 0 saturated carbocycles. The van der Waals surface area contributed by atoms with E-state index in [1.54, 1.807) is 0 Å². The first kappa shape index (κ1) is 21.2. The van der Waals surface area contributed by atoms with E-state index in [1.807, 2.05) is 6.07 Å². The summed E-state index contributed by atoms with van der Waals surface area (Å²) < 4.78 is 0. The molecule has 24 heavy (non-hydrogen) atoms. The molecule has 2 nitrogen and oxygen atoms in total. The summed E-state index contributed by atoms with van der Waals surface area (Å²) in [5, 5.41) is 0. The Morgan fingerprint density at radius 1 is 0.708 bits per heavy atom. The van der Waals surface area contributed by atoms with Crippen molar-refractivity contribution in [3.8, 4) is 0 Å². The van der Waals surface area contributed by atoms with Gasteiger partial charge in [-0.25, -0.2) is 0 Å². The topological polar surface area (TPSA) is 52.0 Å². The van der Waals surface area contributed by atoms with Crippen LogP contribution in [0.15, 0.2) is 30.3 Å². The maximum atomic E-state index is 6.26. The summed E-state index contributed by atoms with van der Waals surface area (Å²) in [7, 11) is 0. The summed E-state index contributed by atoms with van der Waals surface area (Å²) in [6, 6.07) is 10.9. The summed E-state index contributed by atoms with van der Waals surface area (Å²) in [6.45, 7) is 2.28. The minimum absolute atomic E-state index is 0.186. The van der Waals surface area contributed by atoms with Crippen LogP contribution in [0, 0.1) is 0 Å². The highest BCUT2D eigenvalue weighted by Gasteiger charge is 2.10. The normalized spacial score (nSPS) is 13.8. The molecule has 0 heterocycles. The number of unbranched alkanes of at least 4 members (excludes halogenated alkanes) is 9. The second-order valence-corrected chi connectivity index (χ2v) is 7.42. The Bertz CT molecular complexity index is 377. The van der Waals surface area contributed by atoms with E-state index < -0.39 is 0 Å². The minimum atomic E-state index is 0.186. The van der Waals surface area contributed by atoms with E-state index in [2.05, 4.69) is 31.2 Å². The predicted octanol–water partition coefficient (Wildman–Crippen LogP) is 5.58. The SMILES string of the molecule is CCCCCCCCCCCCC(N)CC(N)Cc1ccccc1. The molecule has 0 amide bonds. The van der Waals surface area contributed by atoms with Gasteiger partial charge >= 0.3 is 0 Å². The molecule has 1 rings (SSSR count). The molecule has 0 fully saturated rings. The molecular weight excluding hydrogens is 292 g/mol. The molecule has 0 saturated heterocycles. The van der Waals surface area contributed by atoms with Gasteiger partial charge in [0.2, 0.25) is 0 Å². The van der Waals surface area contributed by atoms with Crippen molar-refractivity contribution in [2.45, 2.75) is 102 Å². The fourth-order valence-electron chi connectivity index (χ4n) is 3.40. The number of hydrogen-bond acceptors (Lipinski definition) is 2. The van der Waals surface area contributed by atoms with E-state index in [1.165, 1.54) is 69.8 Å². The molecule has 1 aromatic carbocycles. The molecule has 4 N–H and O–H groups in total. The predicted molar refractivity (Wildman–Crippen MR) is 107 cm³/mol. The fourth-order valence-corrected chi connectivity index (χ4v) is 3.40. The molecule has 2 atom stereocenters. The third-order valence-electron chi connectivity index (χ3n) is 4.87. The molecule has 2 unspecified atom stereocenters. The van der Waals surface area contributed by atoms with Gasteiger partial charge in [-0.1, -0.05) is 101 Å². The lowest BCUT2D eigenvalue weighted by Gasteiger charge is -2.17. The van der Waals surface area contributed by atoms with Crippen molar-refractivity contribution in [1.29, 1.82) is 0 Å². The van der Waals surface area contributed by atoms with Gasteiger partial charge in [0.25, 0.3) is 0 Å². The lowest BCUT2D eigenvalue weighted by molar-refractivity contribution is 0.466. The lowest BCUT2D eigenvalue weighted by atomic mass is 9.97. The number of nitrogens with two attached hydrogens (primary N) is 2. The number of hydrogen-bond donors (Lipinski definition) is 2. The van der Waals surface area contributed by atoms with Crippen LogP contribution in [0.5, 0.6) is 0 Å². The highest BCUT2D eigenvalue weighted by molar-refractivity contribution is 5.15. The molecule has 0 aliphatic carbocycles. The van der Waals surface area contributed by atoms with Crippen LogP contribution in [0.25, 0.3) is 0 Å². The number of benzene rings is 1. The Morgan fingerprint density at radius 3 is 1.83 bits per heavy atom. The second-order valence-electron chi connectivity index (χ2n) is 7.42. The number of rotatable bonds is 15. The molecule has 0 radical (unpaired) electrons. The van der Waals surface area contributed by atoms with E-state index in [0.29, 0.717) is 0 Å². The third-order valence-corrected chi connectivity index (χ3v) is 4.87. The zero-order valence-corrected chi connectivity index (χ0v) is 15.9. The molecule has 2 heteroatoms. The molecule has 138 valence electrons. The highest BCUT2D eigenvalue weighted by Crippen LogP contribution is 2.13. The smallest absolute Gasteiger partial charge is 0.00940 e. The first-order valence-corrected chi connectivity index (χ1v) is 10.3. The zero-order chi connectivity index (χ0) is 17.5. The maximum absolute atomic E-state index is 6.26. The Balaban J connectivity index is 1.93. The minimum Gasteiger partial charge on any atom is -0.328 e. The van der Waals surface area contributed by atoms with Crippen LogP contribution in [0.4, 0.5) is 0 Å². The van der Waals surface area contributed by atoms with E-state index >= 15 is 0 Å². The summed E-state index contributed by atoms with van der Waals surface area (Å²) in [5.74, 6) is 0. The van der Waals surface area contributed by atoms with Gasteiger partial charge in [-0.3, -0.25) is 0 Å². The van der Waals surface area contributed by atoms with Crippen LogP contribution < -0.4 is 11.5 Å². The molecule has 1 aromatic rings. The van der Waals surface area contributed by atoms with Crippen LogP contribution in [-0.2, 0) is 6.42 Å². The van der Waals surface area contributed by atoms with Crippen molar-refractivity contribution in [3.05, 3.63) is 35.9 Å². The largest absolute Gasteiger partial charge is 0.328 e. The van der Waals surface area contributed by atoms with Gasteiger partial charge < -0.3 is 11.5 Å². The van der Waals surface area contributed by atoms with Gasteiger partial charge in [0.05, 0.1) is 0 Å². The Kier molecular flexibility index (Phi) is 12.8. The van der Waals surface area contributed by atoms with Gasteiger partial charge in [0.1, 0.15) is 0 Å². The van der Waals surface area contributed by atoms with Crippen LogP contribution in [0.2, 0.25) is 0 Å². The van der Waals surface area contributed by atoms with Crippen molar-refractivity contribution in [1.82, 2.24) is 0 Å². The van der Waals surface area contributed by atoms with Gasteiger partial charge in [0, 0.05) is 12.1 Å². The summed E-state index contributed by atoms with van der Waals surface area (Å²) >= 11 is 0. The van der Waals surface area contributed by atoms with E-state index in [0.717, 1.165) is 19.3 Å². The molecule has 0 bridgehead atoms. The van der Waals surface area contributed by atoms with Crippen LogP contribution in [0.1, 0.15) is 89.5 Å². The van der Waals surface area contributed by atoms with Gasteiger partial charge in [-0.15, -0.1) is 0 Å². The summed E-state index contributed by atoms with van der Waals surface area (Å²) in [6.07, 6.45) is 16.8. The molecule has 0 aromatic heterocycles. The fraction of sp³-hybridized carbons (Fsp3) is 0.727. The third kappa shape index (κ3) is 11.6. The van der Waals surface area contributed by atoms with Crippen molar-refractivity contribution in [2.75, 3.05) is 0 Å². The van der Waals surface area contributed by atoms with E-state index in [-0.39, 0.29) is 12.1 Å². The molecule has 0 aliphatic heterocycles. The first-order chi connectivity index (χ1) is 11.7. The van der Waals surface area contributed by atoms with Gasteiger partial charge in [-0.2, -0.15) is 0 Å². The van der Waals surface area contributed by atoms with Crippen molar-refractivity contribution in [3.63, 3.8) is 0 Å². The Labute approximate surface area is 150 Å². The quantitative estimate of drug-likeness (QED) is 0.412. The molecule has 0 spiro atoms. The van der Waals surface area contributed by atoms with E-state index in [9.17, 15) is 0 Å². The average Bonchev–Trinajstić information content (AvgIpc) is 2.57. The second kappa shape index (κ2) is 14.5. The zero-order valence-electron chi connectivity index (χ0n) is 15.9. The van der Waals surface area contributed by atoms with Crippen LogP contribution in [0.3, 0.4) is 0 Å². The van der Waals surface area contributed by atoms with Crippen LogP contribution in [-0.4, -0.2) is 12.1 Å². The molecule has 0 aliphatic rings. The van der Waals surface area contributed by atoms with Crippen molar-refractivity contribution < 1.29 is 0 Å². The standard InChI is InChI=1S/C22H40N2/c1-2-3-4-5-6-7-8-9-10-14-17-21(23)19-22(24)18-20-15-12-11-13-16-20/h11-13,15-16,21-22H,2-10,14,17-19,23-24H2,1H3. The summed E-state index contributed by atoms with van der Waals surface area (Å²) in [5.41, 5.74) is 13.8. The molecular formula is C22H40N2. The Morgan fingerprint density at radius 2 is 1.25 bits per heavy atom. The lowest BCUT2D eigenvalue weighted by Crippen LogP contribution is -2.32. The monoisotopic (exact) mass is 332 g/mol. The Hall–Kier alpha value is -0.860. The maximum Gasteiger partial charge on any atom is 0.00940 e.